The Hall–Kier alpha value is -2.31. The summed E-state index contributed by atoms with van der Waals surface area (Å²) in [5.74, 6) is -0.466. The van der Waals surface area contributed by atoms with E-state index in [1.165, 1.54) is 11.3 Å². The lowest BCUT2D eigenvalue weighted by Crippen LogP contribution is -2.24. The van der Waals surface area contributed by atoms with Crippen molar-refractivity contribution in [1.29, 1.82) is 0 Å². The molecule has 0 aliphatic heterocycles. The Bertz CT molecular complexity index is 724. The van der Waals surface area contributed by atoms with Crippen LogP contribution in [0.5, 0.6) is 0 Å². The van der Waals surface area contributed by atoms with Gasteiger partial charge in [-0.15, -0.1) is 11.3 Å². The molecule has 0 saturated carbocycles. The van der Waals surface area contributed by atoms with E-state index in [1.807, 2.05) is 43.3 Å². The van der Waals surface area contributed by atoms with E-state index in [-0.39, 0.29) is 49.8 Å². The summed E-state index contributed by atoms with van der Waals surface area (Å²) < 4.78 is 0. The molecule has 0 saturated heterocycles. The smallest absolute Gasteiger partial charge is 0.243 e. The molecule has 1 aromatic heterocycles. The molecule has 2 rings (SSSR count). The molecule has 25 heavy (non-hydrogen) atoms. The van der Waals surface area contributed by atoms with Crippen molar-refractivity contribution in [3.8, 4) is 0 Å². The highest BCUT2D eigenvalue weighted by molar-refractivity contribution is 7.14. The number of amides is 1. The zero-order valence-electron chi connectivity index (χ0n) is 14.1. The molecule has 0 spiro atoms. The first-order chi connectivity index (χ1) is 12.0. The summed E-state index contributed by atoms with van der Waals surface area (Å²) in [7, 11) is 0. The summed E-state index contributed by atoms with van der Waals surface area (Å²) in [5.41, 5.74) is 3.27. The van der Waals surface area contributed by atoms with Crippen LogP contribution in [-0.4, -0.2) is 17.5 Å². The van der Waals surface area contributed by atoms with Gasteiger partial charge in [0.05, 0.1) is 11.5 Å². The molecule has 0 unspecified atom stereocenters. The highest BCUT2D eigenvalue weighted by Gasteiger charge is 2.12. The van der Waals surface area contributed by atoms with Crippen molar-refractivity contribution in [2.24, 2.45) is 0 Å². The van der Waals surface area contributed by atoms with Crippen LogP contribution in [0.1, 0.15) is 45.8 Å². The van der Waals surface area contributed by atoms with Gasteiger partial charge in [-0.05, 0) is 24.6 Å². The van der Waals surface area contributed by atoms with Gasteiger partial charge in [-0.25, -0.2) is 5.48 Å². The largest absolute Gasteiger partial charge is 0.300 e. The van der Waals surface area contributed by atoms with Crippen LogP contribution >= 0.6 is 11.3 Å². The van der Waals surface area contributed by atoms with Crippen molar-refractivity contribution in [2.75, 3.05) is 0 Å². The first kappa shape index (κ1) is 19.0. The van der Waals surface area contributed by atoms with E-state index in [0.717, 1.165) is 10.4 Å². The van der Waals surface area contributed by atoms with Gasteiger partial charge in [-0.2, -0.15) is 0 Å². The number of carbonyl (C=O) groups is 3. The number of carbonyl (C=O) groups excluding carboxylic acids is 3. The monoisotopic (exact) mass is 359 g/mol. The van der Waals surface area contributed by atoms with E-state index in [4.69, 9.17) is 4.84 Å². The van der Waals surface area contributed by atoms with Crippen LogP contribution in [0, 0.1) is 6.92 Å². The Kier molecular flexibility index (Phi) is 7.50. The molecule has 0 atom stereocenters. The molecule has 0 fully saturated rings. The van der Waals surface area contributed by atoms with Gasteiger partial charge in [0.25, 0.3) is 0 Å². The van der Waals surface area contributed by atoms with E-state index in [0.29, 0.717) is 4.88 Å². The third-order valence-corrected chi connectivity index (χ3v) is 4.59. The molecule has 0 bridgehead atoms. The number of hydrogen-bond donors (Lipinski definition) is 1. The van der Waals surface area contributed by atoms with Gasteiger partial charge < -0.3 is 0 Å². The number of hydrogen-bond acceptors (Lipinski definition) is 5. The van der Waals surface area contributed by atoms with E-state index >= 15 is 0 Å². The molecule has 0 aliphatic carbocycles. The fraction of sp³-hybridized carbons (Fsp3) is 0.316. The van der Waals surface area contributed by atoms with Crippen LogP contribution in [-0.2, 0) is 21.0 Å². The van der Waals surface area contributed by atoms with Crippen LogP contribution in [0.15, 0.2) is 42.5 Å². The number of rotatable bonds is 10. The molecule has 5 nitrogen and oxygen atoms in total. The number of hydroxylamine groups is 1. The van der Waals surface area contributed by atoms with E-state index in [9.17, 15) is 14.4 Å². The molecule has 132 valence electrons. The second-order valence-corrected chi connectivity index (χ2v) is 6.96. The molecular formula is C19H21NO4S. The van der Waals surface area contributed by atoms with Crippen molar-refractivity contribution in [3.05, 3.63) is 57.8 Å². The van der Waals surface area contributed by atoms with Crippen LogP contribution < -0.4 is 5.48 Å². The molecule has 2 aromatic rings. The molecule has 1 aromatic carbocycles. The third-order valence-electron chi connectivity index (χ3n) is 3.54. The summed E-state index contributed by atoms with van der Waals surface area (Å²) in [6.07, 6.45) is 0.510. The Morgan fingerprint density at radius 1 is 0.960 bits per heavy atom. The summed E-state index contributed by atoms with van der Waals surface area (Å²) in [6.45, 7) is 2.21. The number of thiophene rings is 1. The maximum absolute atomic E-state index is 11.9. The van der Waals surface area contributed by atoms with Crippen molar-refractivity contribution in [2.45, 2.75) is 39.2 Å². The van der Waals surface area contributed by atoms with Crippen molar-refractivity contribution >= 4 is 28.8 Å². The standard InChI is InChI=1S/C19H21NO4S/c1-14-7-11-18(25-14)17(22)10-8-16(21)9-12-19(23)20-24-13-15-5-3-2-4-6-15/h2-7,11H,8-10,12-13H2,1H3,(H,20,23). The molecule has 1 amide bonds. The van der Waals surface area contributed by atoms with Crippen molar-refractivity contribution < 1.29 is 19.2 Å². The Morgan fingerprint density at radius 3 is 2.36 bits per heavy atom. The third kappa shape index (κ3) is 6.99. The quantitative estimate of drug-likeness (QED) is 0.519. The predicted octanol–water partition coefficient (Wildman–Crippen LogP) is 3.62. The Balaban J connectivity index is 1.59. The predicted molar refractivity (Wildman–Crippen MR) is 96.2 cm³/mol. The van der Waals surface area contributed by atoms with E-state index in [1.54, 1.807) is 6.07 Å². The normalized spacial score (nSPS) is 10.4. The molecule has 6 heteroatoms. The average molecular weight is 359 g/mol. The number of ketones is 2. The van der Waals surface area contributed by atoms with Crippen LogP contribution in [0.2, 0.25) is 0 Å². The number of nitrogens with one attached hydrogen (secondary N) is 1. The first-order valence-corrected chi connectivity index (χ1v) is 8.92. The number of aryl methyl sites for hydroxylation is 1. The minimum absolute atomic E-state index is 0.0258. The molecule has 0 radical (unpaired) electrons. The lowest BCUT2D eigenvalue weighted by atomic mass is 10.1. The molecule has 1 heterocycles. The highest BCUT2D eigenvalue weighted by Crippen LogP contribution is 2.17. The average Bonchev–Trinajstić information content (AvgIpc) is 3.05. The minimum atomic E-state index is -0.343. The molecule has 1 N–H and O–H groups in total. The van der Waals surface area contributed by atoms with E-state index < -0.39 is 0 Å². The second kappa shape index (κ2) is 9.86. The van der Waals surface area contributed by atoms with Crippen molar-refractivity contribution in [1.82, 2.24) is 5.48 Å². The topological polar surface area (TPSA) is 72.5 Å². The molecule has 0 aliphatic rings. The summed E-state index contributed by atoms with van der Waals surface area (Å²) in [5, 5.41) is 0. The maximum atomic E-state index is 11.9. The Labute approximate surface area is 151 Å². The SMILES string of the molecule is Cc1ccc(C(=O)CCC(=O)CCC(=O)NOCc2ccccc2)s1. The molecular weight excluding hydrogens is 338 g/mol. The zero-order valence-corrected chi connectivity index (χ0v) is 14.9. The lowest BCUT2D eigenvalue weighted by molar-refractivity contribution is -0.136. The van der Waals surface area contributed by atoms with Gasteiger partial charge in [-0.1, -0.05) is 30.3 Å². The van der Waals surface area contributed by atoms with Gasteiger partial charge in [0, 0.05) is 30.6 Å². The van der Waals surface area contributed by atoms with Gasteiger partial charge in [0.2, 0.25) is 5.91 Å². The highest BCUT2D eigenvalue weighted by atomic mass is 32.1. The zero-order chi connectivity index (χ0) is 18.1. The summed E-state index contributed by atoms with van der Waals surface area (Å²) in [6, 6.07) is 13.1. The Morgan fingerprint density at radius 2 is 1.68 bits per heavy atom. The number of Topliss-reactive ketones (excluding diaryl/α,β-unsaturated/α-hetero) is 2. The van der Waals surface area contributed by atoms with Gasteiger partial charge in [0.15, 0.2) is 5.78 Å². The second-order valence-electron chi connectivity index (χ2n) is 5.67. The van der Waals surface area contributed by atoms with Crippen molar-refractivity contribution in [3.63, 3.8) is 0 Å². The fourth-order valence-corrected chi connectivity index (χ4v) is 3.00. The lowest BCUT2D eigenvalue weighted by Gasteiger charge is -2.05. The first-order valence-electron chi connectivity index (χ1n) is 8.10. The minimum Gasteiger partial charge on any atom is -0.300 e. The van der Waals surface area contributed by atoms with Gasteiger partial charge >= 0.3 is 0 Å². The summed E-state index contributed by atoms with van der Waals surface area (Å²) >= 11 is 1.43. The van der Waals surface area contributed by atoms with Gasteiger partial charge in [-0.3, -0.25) is 19.2 Å². The van der Waals surface area contributed by atoms with Gasteiger partial charge in [0.1, 0.15) is 5.78 Å². The van der Waals surface area contributed by atoms with Crippen LogP contribution in [0.3, 0.4) is 0 Å². The fourth-order valence-electron chi connectivity index (χ4n) is 2.16. The van der Waals surface area contributed by atoms with Crippen LogP contribution in [0.4, 0.5) is 0 Å². The summed E-state index contributed by atoms with van der Waals surface area (Å²) in [4.78, 5) is 42.3. The van der Waals surface area contributed by atoms with E-state index in [2.05, 4.69) is 5.48 Å². The van der Waals surface area contributed by atoms with Crippen LogP contribution in [0.25, 0.3) is 0 Å². The number of benzene rings is 1. The maximum Gasteiger partial charge on any atom is 0.243 e.